The van der Waals surface area contributed by atoms with E-state index in [1.54, 1.807) is 6.20 Å². The number of aryl methyl sites for hydroxylation is 1. The Morgan fingerprint density at radius 3 is 2.91 bits per heavy atom. The van der Waals surface area contributed by atoms with Crippen LogP contribution in [0.5, 0.6) is 0 Å². The second kappa shape index (κ2) is 6.54. The minimum absolute atomic E-state index is 0.203. The molecule has 0 fully saturated rings. The van der Waals surface area contributed by atoms with Crippen molar-refractivity contribution in [2.75, 3.05) is 13.6 Å². The lowest BCUT2D eigenvalue weighted by atomic mass is 9.87. The summed E-state index contributed by atoms with van der Waals surface area (Å²) in [6, 6.07) is 9.04. The van der Waals surface area contributed by atoms with Gasteiger partial charge in [0.2, 0.25) is 0 Å². The van der Waals surface area contributed by atoms with Crippen molar-refractivity contribution < 1.29 is 0 Å². The molecule has 1 aromatic carbocycles. The maximum absolute atomic E-state index is 12.1. The number of benzene rings is 1. The Hall–Kier alpha value is -2.14. The van der Waals surface area contributed by atoms with E-state index in [-0.39, 0.29) is 11.2 Å². The van der Waals surface area contributed by atoms with Crippen molar-refractivity contribution in [3.8, 4) is 0 Å². The average molecular weight is 313 g/mol. The Morgan fingerprint density at radius 2 is 2.09 bits per heavy atom. The van der Waals surface area contributed by atoms with Crippen molar-refractivity contribution in [2.45, 2.75) is 31.7 Å². The molecular formula is C18H23N3O2. The van der Waals surface area contributed by atoms with Gasteiger partial charge in [-0.1, -0.05) is 24.3 Å². The number of hydrogen-bond donors (Lipinski definition) is 1. The molecule has 0 amide bonds. The number of aromatic nitrogens is 2. The topological polar surface area (TPSA) is 58.1 Å². The largest absolute Gasteiger partial charge is 0.328 e. The number of fused-ring (bicyclic) bond motifs is 1. The van der Waals surface area contributed by atoms with Crippen LogP contribution in [0.15, 0.2) is 40.1 Å². The van der Waals surface area contributed by atoms with Crippen molar-refractivity contribution in [3.05, 3.63) is 68.0 Å². The molecule has 0 radical (unpaired) electrons. The molecule has 0 saturated heterocycles. The zero-order valence-corrected chi connectivity index (χ0v) is 13.7. The smallest absolute Gasteiger partial charge is 0.314 e. The predicted molar refractivity (Wildman–Crippen MR) is 90.8 cm³/mol. The van der Waals surface area contributed by atoms with Crippen molar-refractivity contribution >= 4 is 0 Å². The van der Waals surface area contributed by atoms with Gasteiger partial charge < -0.3 is 4.98 Å². The maximum atomic E-state index is 12.1. The Labute approximate surface area is 135 Å². The molecule has 0 saturated carbocycles. The molecular weight excluding hydrogens is 290 g/mol. The quantitative estimate of drug-likeness (QED) is 0.933. The summed E-state index contributed by atoms with van der Waals surface area (Å²) in [6.45, 7) is 0.792. The summed E-state index contributed by atoms with van der Waals surface area (Å²) < 4.78 is 1.13. The van der Waals surface area contributed by atoms with Gasteiger partial charge in [-0.2, -0.15) is 0 Å². The van der Waals surface area contributed by atoms with Crippen LogP contribution in [0.2, 0.25) is 0 Å². The molecule has 1 heterocycles. The summed E-state index contributed by atoms with van der Waals surface area (Å²) in [5.74, 6) is 0. The minimum atomic E-state index is -0.367. The summed E-state index contributed by atoms with van der Waals surface area (Å²) in [6.07, 6.45) is 5.69. The second-order valence-corrected chi connectivity index (χ2v) is 6.32. The first-order valence-corrected chi connectivity index (χ1v) is 8.13. The van der Waals surface area contributed by atoms with Gasteiger partial charge in [0.05, 0.1) is 0 Å². The van der Waals surface area contributed by atoms with Gasteiger partial charge in [0, 0.05) is 31.4 Å². The van der Waals surface area contributed by atoms with E-state index in [4.69, 9.17) is 0 Å². The van der Waals surface area contributed by atoms with Gasteiger partial charge in [0.25, 0.3) is 5.56 Å². The van der Waals surface area contributed by atoms with Gasteiger partial charge in [-0.25, -0.2) is 4.79 Å². The van der Waals surface area contributed by atoms with E-state index in [0.29, 0.717) is 18.0 Å². The van der Waals surface area contributed by atoms with Crippen LogP contribution in [0, 0.1) is 0 Å². The summed E-state index contributed by atoms with van der Waals surface area (Å²) in [4.78, 5) is 28.5. The average Bonchev–Trinajstić information content (AvgIpc) is 2.58. The molecule has 5 heteroatoms. The molecule has 122 valence electrons. The molecule has 0 bridgehead atoms. The van der Waals surface area contributed by atoms with Gasteiger partial charge in [-0.15, -0.1) is 0 Å². The fourth-order valence-electron chi connectivity index (χ4n) is 3.43. The maximum Gasteiger partial charge on any atom is 0.328 e. The van der Waals surface area contributed by atoms with Gasteiger partial charge in [-0.3, -0.25) is 14.3 Å². The number of likely N-dealkylation sites (N-methyl/N-ethyl adjacent to an activating group) is 1. The summed E-state index contributed by atoms with van der Waals surface area (Å²) in [7, 11) is 3.62. The highest BCUT2D eigenvalue weighted by molar-refractivity contribution is 5.32. The standard InChI is InChI=1S/C18H23N3O2/c1-20(11-10-14-12-19-18(23)21(2)17(14)22)16-9-5-7-13-6-3-4-8-15(13)16/h3-4,6,8,12,16H,5,7,9-11H2,1-2H3,(H,19,23). The highest BCUT2D eigenvalue weighted by Crippen LogP contribution is 2.33. The van der Waals surface area contributed by atoms with Crippen molar-refractivity contribution in [2.24, 2.45) is 7.05 Å². The molecule has 1 aromatic heterocycles. The Morgan fingerprint density at radius 1 is 1.30 bits per heavy atom. The molecule has 0 spiro atoms. The SMILES string of the molecule is CN(CCc1c[nH]c(=O)n(C)c1=O)C1CCCc2ccccc21. The van der Waals surface area contributed by atoms with E-state index in [2.05, 4.69) is 41.2 Å². The van der Waals surface area contributed by atoms with E-state index in [1.807, 2.05) is 0 Å². The zero-order chi connectivity index (χ0) is 16.4. The van der Waals surface area contributed by atoms with Crippen LogP contribution in [0.3, 0.4) is 0 Å². The van der Waals surface area contributed by atoms with Crippen LogP contribution in [0.1, 0.15) is 35.6 Å². The Kier molecular flexibility index (Phi) is 4.48. The van der Waals surface area contributed by atoms with Crippen LogP contribution < -0.4 is 11.2 Å². The molecule has 5 nitrogen and oxygen atoms in total. The van der Waals surface area contributed by atoms with Crippen LogP contribution in [-0.4, -0.2) is 28.0 Å². The summed E-state index contributed by atoms with van der Waals surface area (Å²) in [5.41, 5.74) is 2.94. The number of rotatable bonds is 4. The molecule has 1 aliphatic carbocycles. The third-order valence-corrected chi connectivity index (χ3v) is 4.86. The second-order valence-electron chi connectivity index (χ2n) is 6.32. The first-order chi connectivity index (χ1) is 11.1. The summed E-state index contributed by atoms with van der Waals surface area (Å²) in [5, 5.41) is 0. The summed E-state index contributed by atoms with van der Waals surface area (Å²) >= 11 is 0. The first-order valence-electron chi connectivity index (χ1n) is 8.13. The lowest BCUT2D eigenvalue weighted by Crippen LogP contribution is -2.36. The first kappa shape index (κ1) is 15.7. The molecule has 3 rings (SSSR count). The lowest BCUT2D eigenvalue weighted by molar-refractivity contribution is 0.223. The van der Waals surface area contributed by atoms with Crippen molar-refractivity contribution in [3.63, 3.8) is 0 Å². The van der Waals surface area contributed by atoms with Gasteiger partial charge in [-0.05, 0) is 43.9 Å². The third kappa shape index (κ3) is 3.15. The normalized spacial score (nSPS) is 17.3. The molecule has 1 atom stereocenters. The fourth-order valence-corrected chi connectivity index (χ4v) is 3.43. The van der Waals surface area contributed by atoms with Gasteiger partial charge >= 0.3 is 5.69 Å². The molecule has 1 unspecified atom stereocenters. The predicted octanol–water partition coefficient (Wildman–Crippen LogP) is 1.63. The van der Waals surface area contributed by atoms with Crippen molar-refractivity contribution in [1.29, 1.82) is 0 Å². The van der Waals surface area contributed by atoms with Crippen LogP contribution in [0.25, 0.3) is 0 Å². The van der Waals surface area contributed by atoms with Crippen LogP contribution in [0.4, 0.5) is 0 Å². The van der Waals surface area contributed by atoms with E-state index in [0.717, 1.165) is 24.0 Å². The Bertz CT molecular complexity index is 806. The highest BCUT2D eigenvalue weighted by atomic mass is 16.2. The number of nitrogens with one attached hydrogen (secondary N) is 1. The van der Waals surface area contributed by atoms with E-state index in [9.17, 15) is 9.59 Å². The van der Waals surface area contributed by atoms with Crippen LogP contribution >= 0.6 is 0 Å². The molecule has 1 N–H and O–H groups in total. The van der Waals surface area contributed by atoms with E-state index < -0.39 is 0 Å². The monoisotopic (exact) mass is 313 g/mol. The molecule has 2 aromatic rings. The molecule has 23 heavy (non-hydrogen) atoms. The Balaban J connectivity index is 1.74. The number of nitrogens with zero attached hydrogens (tertiary/aromatic N) is 2. The minimum Gasteiger partial charge on any atom is -0.314 e. The van der Waals surface area contributed by atoms with Gasteiger partial charge in [0.1, 0.15) is 0 Å². The van der Waals surface area contributed by atoms with E-state index in [1.165, 1.54) is 24.6 Å². The van der Waals surface area contributed by atoms with E-state index >= 15 is 0 Å². The van der Waals surface area contributed by atoms with Gasteiger partial charge in [0.15, 0.2) is 0 Å². The van der Waals surface area contributed by atoms with Crippen LogP contribution in [-0.2, 0) is 19.9 Å². The molecule has 1 aliphatic rings. The number of H-pyrrole nitrogens is 1. The number of hydrogen-bond acceptors (Lipinski definition) is 3. The number of aromatic amines is 1. The lowest BCUT2D eigenvalue weighted by Gasteiger charge is -2.33. The third-order valence-electron chi connectivity index (χ3n) is 4.86. The zero-order valence-electron chi connectivity index (χ0n) is 13.7. The highest BCUT2D eigenvalue weighted by Gasteiger charge is 2.23. The van der Waals surface area contributed by atoms with Crippen molar-refractivity contribution in [1.82, 2.24) is 14.5 Å². The molecule has 0 aliphatic heterocycles. The fraction of sp³-hybridized carbons (Fsp3) is 0.444.